The van der Waals surface area contributed by atoms with Gasteiger partial charge in [0.25, 0.3) is 5.91 Å². The fourth-order valence-electron chi connectivity index (χ4n) is 3.79. The third-order valence-corrected chi connectivity index (χ3v) is 5.45. The van der Waals surface area contributed by atoms with E-state index in [-0.39, 0.29) is 18.1 Å². The zero-order valence-electron chi connectivity index (χ0n) is 16.0. The average molecular weight is 383 g/mol. The number of ether oxygens (including phenoxy) is 4. The van der Waals surface area contributed by atoms with Gasteiger partial charge in [-0.1, -0.05) is 12.1 Å². The largest absolute Gasteiger partial charge is 0.494 e. The van der Waals surface area contributed by atoms with Gasteiger partial charge in [0.2, 0.25) is 6.79 Å². The SMILES string of the molecule is CCOc1ccc(C2(CNC(=O)c3ccc4c(c3)OCO4)CCOCC2)cc1. The van der Waals surface area contributed by atoms with Crippen molar-refractivity contribution in [1.29, 1.82) is 0 Å². The first-order valence-corrected chi connectivity index (χ1v) is 9.69. The Morgan fingerprint density at radius 1 is 1.07 bits per heavy atom. The standard InChI is InChI=1S/C22H25NO5/c1-2-26-18-6-4-17(5-7-18)22(9-11-25-12-10-22)14-23-21(24)16-3-8-19-20(13-16)28-15-27-19/h3-8,13H,2,9-12,14-15H2,1H3,(H,23,24). The fourth-order valence-corrected chi connectivity index (χ4v) is 3.79. The number of carbonyl (C=O) groups is 1. The van der Waals surface area contributed by atoms with Crippen molar-refractivity contribution in [2.75, 3.05) is 33.2 Å². The smallest absolute Gasteiger partial charge is 0.251 e. The molecule has 2 aromatic rings. The molecule has 0 bridgehead atoms. The van der Waals surface area contributed by atoms with Gasteiger partial charge in [-0.25, -0.2) is 0 Å². The number of hydrogen-bond donors (Lipinski definition) is 1. The molecule has 1 amide bonds. The molecule has 2 aliphatic rings. The summed E-state index contributed by atoms with van der Waals surface area (Å²) in [6, 6.07) is 13.5. The summed E-state index contributed by atoms with van der Waals surface area (Å²) in [5.74, 6) is 2.03. The molecule has 148 valence electrons. The highest BCUT2D eigenvalue weighted by Gasteiger charge is 2.35. The third-order valence-electron chi connectivity index (χ3n) is 5.45. The molecule has 0 atom stereocenters. The van der Waals surface area contributed by atoms with Gasteiger partial charge in [0.15, 0.2) is 11.5 Å². The summed E-state index contributed by atoms with van der Waals surface area (Å²) in [4.78, 5) is 12.7. The zero-order chi connectivity index (χ0) is 19.4. The number of hydrogen-bond acceptors (Lipinski definition) is 5. The van der Waals surface area contributed by atoms with E-state index in [1.54, 1.807) is 18.2 Å². The van der Waals surface area contributed by atoms with Crippen molar-refractivity contribution in [2.45, 2.75) is 25.2 Å². The Bertz CT molecular complexity index is 827. The highest BCUT2D eigenvalue weighted by Crippen LogP contribution is 2.36. The molecule has 6 nitrogen and oxygen atoms in total. The molecule has 6 heteroatoms. The first-order chi connectivity index (χ1) is 13.7. The number of benzene rings is 2. The van der Waals surface area contributed by atoms with Gasteiger partial charge in [-0.3, -0.25) is 4.79 Å². The quantitative estimate of drug-likeness (QED) is 0.829. The van der Waals surface area contributed by atoms with Crippen molar-refractivity contribution in [2.24, 2.45) is 0 Å². The summed E-state index contributed by atoms with van der Waals surface area (Å²) in [6.45, 7) is 4.74. The van der Waals surface area contributed by atoms with Gasteiger partial charge < -0.3 is 24.3 Å². The summed E-state index contributed by atoms with van der Waals surface area (Å²) < 4.78 is 21.8. The lowest BCUT2D eigenvalue weighted by molar-refractivity contribution is 0.0487. The van der Waals surface area contributed by atoms with Crippen molar-refractivity contribution < 1.29 is 23.7 Å². The predicted octanol–water partition coefficient (Wildman–Crippen LogP) is 3.29. The van der Waals surface area contributed by atoms with E-state index in [0.29, 0.717) is 43.4 Å². The summed E-state index contributed by atoms with van der Waals surface area (Å²) >= 11 is 0. The lowest BCUT2D eigenvalue weighted by Gasteiger charge is -2.38. The van der Waals surface area contributed by atoms with Gasteiger partial charge in [-0.2, -0.15) is 0 Å². The fraction of sp³-hybridized carbons (Fsp3) is 0.409. The van der Waals surface area contributed by atoms with Crippen LogP contribution in [-0.2, 0) is 10.2 Å². The van der Waals surface area contributed by atoms with Crippen LogP contribution >= 0.6 is 0 Å². The van der Waals surface area contributed by atoms with Gasteiger partial charge in [-0.15, -0.1) is 0 Å². The summed E-state index contributed by atoms with van der Waals surface area (Å²) in [7, 11) is 0. The second-order valence-electron chi connectivity index (χ2n) is 7.10. The molecular formula is C22H25NO5. The normalized spacial score (nSPS) is 17.2. The summed E-state index contributed by atoms with van der Waals surface area (Å²) in [6.07, 6.45) is 1.73. The highest BCUT2D eigenvalue weighted by molar-refractivity contribution is 5.95. The van der Waals surface area contributed by atoms with Gasteiger partial charge in [0, 0.05) is 30.7 Å². The minimum atomic E-state index is -0.144. The minimum Gasteiger partial charge on any atom is -0.494 e. The number of carbonyl (C=O) groups excluding carboxylic acids is 1. The Morgan fingerprint density at radius 3 is 2.57 bits per heavy atom. The van der Waals surface area contributed by atoms with Gasteiger partial charge in [0.05, 0.1) is 6.61 Å². The van der Waals surface area contributed by atoms with Crippen LogP contribution in [-0.4, -0.2) is 39.1 Å². The second-order valence-corrected chi connectivity index (χ2v) is 7.10. The van der Waals surface area contributed by atoms with Crippen LogP contribution < -0.4 is 19.5 Å². The van der Waals surface area contributed by atoms with E-state index >= 15 is 0 Å². The number of fused-ring (bicyclic) bond motifs is 1. The van der Waals surface area contributed by atoms with Crippen molar-refractivity contribution in [3.63, 3.8) is 0 Å². The summed E-state index contributed by atoms with van der Waals surface area (Å²) in [5, 5.41) is 3.12. The average Bonchev–Trinajstić information content (AvgIpc) is 3.21. The molecular weight excluding hydrogens is 358 g/mol. The van der Waals surface area contributed by atoms with E-state index in [1.807, 2.05) is 19.1 Å². The summed E-state index contributed by atoms with van der Waals surface area (Å²) in [5.41, 5.74) is 1.62. The molecule has 0 aliphatic carbocycles. The molecule has 1 fully saturated rings. The molecule has 0 aromatic heterocycles. The van der Waals surface area contributed by atoms with Crippen LogP contribution in [0.2, 0.25) is 0 Å². The van der Waals surface area contributed by atoms with E-state index in [4.69, 9.17) is 18.9 Å². The van der Waals surface area contributed by atoms with E-state index in [9.17, 15) is 4.79 Å². The van der Waals surface area contributed by atoms with Crippen molar-refractivity contribution in [1.82, 2.24) is 5.32 Å². The maximum Gasteiger partial charge on any atom is 0.251 e. The van der Waals surface area contributed by atoms with Crippen LogP contribution in [0.5, 0.6) is 17.2 Å². The van der Waals surface area contributed by atoms with E-state index in [0.717, 1.165) is 18.6 Å². The van der Waals surface area contributed by atoms with Crippen molar-refractivity contribution in [3.05, 3.63) is 53.6 Å². The number of rotatable bonds is 6. The molecule has 4 rings (SSSR count). The Labute approximate surface area is 164 Å². The van der Waals surface area contributed by atoms with E-state index in [1.165, 1.54) is 5.56 Å². The molecule has 2 aliphatic heterocycles. The van der Waals surface area contributed by atoms with Crippen LogP contribution in [0, 0.1) is 0 Å². The molecule has 0 unspecified atom stereocenters. The van der Waals surface area contributed by atoms with E-state index < -0.39 is 0 Å². The van der Waals surface area contributed by atoms with Crippen LogP contribution in [0.15, 0.2) is 42.5 Å². The van der Waals surface area contributed by atoms with E-state index in [2.05, 4.69) is 17.4 Å². The van der Waals surface area contributed by atoms with Gasteiger partial charge >= 0.3 is 0 Å². The topological polar surface area (TPSA) is 66.0 Å². The Hall–Kier alpha value is -2.73. The van der Waals surface area contributed by atoms with Crippen LogP contribution in [0.4, 0.5) is 0 Å². The Morgan fingerprint density at radius 2 is 1.82 bits per heavy atom. The van der Waals surface area contributed by atoms with Crippen LogP contribution in [0.1, 0.15) is 35.7 Å². The van der Waals surface area contributed by atoms with Crippen LogP contribution in [0.3, 0.4) is 0 Å². The predicted molar refractivity (Wildman–Crippen MR) is 104 cm³/mol. The second kappa shape index (κ2) is 8.10. The highest BCUT2D eigenvalue weighted by atomic mass is 16.7. The van der Waals surface area contributed by atoms with Gasteiger partial charge in [0.1, 0.15) is 5.75 Å². The van der Waals surface area contributed by atoms with Crippen LogP contribution in [0.25, 0.3) is 0 Å². The zero-order valence-corrected chi connectivity index (χ0v) is 16.0. The monoisotopic (exact) mass is 383 g/mol. The molecule has 0 saturated carbocycles. The molecule has 1 N–H and O–H groups in total. The Kier molecular flexibility index (Phi) is 5.39. The number of nitrogens with one attached hydrogen (secondary N) is 1. The van der Waals surface area contributed by atoms with Crippen molar-refractivity contribution >= 4 is 5.91 Å². The van der Waals surface area contributed by atoms with Gasteiger partial charge in [-0.05, 0) is 55.7 Å². The minimum absolute atomic E-state index is 0.116. The maximum atomic E-state index is 12.7. The molecule has 0 radical (unpaired) electrons. The first-order valence-electron chi connectivity index (χ1n) is 9.69. The lowest BCUT2D eigenvalue weighted by Crippen LogP contribution is -2.44. The third kappa shape index (κ3) is 3.78. The molecule has 28 heavy (non-hydrogen) atoms. The molecule has 1 saturated heterocycles. The lowest BCUT2D eigenvalue weighted by atomic mass is 9.74. The molecule has 0 spiro atoms. The van der Waals surface area contributed by atoms with Crippen molar-refractivity contribution in [3.8, 4) is 17.2 Å². The molecule has 2 aromatic carbocycles. The maximum absolute atomic E-state index is 12.7. The molecule has 2 heterocycles. The Balaban J connectivity index is 1.49. The number of amides is 1. The first kappa shape index (κ1) is 18.6.